The molecule has 1 fully saturated rings. The van der Waals surface area contributed by atoms with Gasteiger partial charge in [0.25, 0.3) is 0 Å². The minimum Gasteiger partial charge on any atom is -0.327 e. The molecule has 15 heavy (non-hydrogen) atoms. The second-order valence-electron chi connectivity index (χ2n) is 3.95. The molecule has 1 atom stereocenters. The van der Waals surface area contributed by atoms with E-state index in [0.29, 0.717) is 11.3 Å². The van der Waals surface area contributed by atoms with Gasteiger partial charge in [0.15, 0.2) is 0 Å². The molecule has 0 spiro atoms. The topological polar surface area (TPSA) is 55.0 Å². The van der Waals surface area contributed by atoms with E-state index in [2.05, 4.69) is 14.9 Å². The van der Waals surface area contributed by atoms with Crippen LogP contribution in [0.3, 0.4) is 0 Å². The molecule has 0 bridgehead atoms. The average Bonchev–Trinajstić information content (AvgIpc) is 2.17. The fraction of sp³-hybridized carbons (Fsp3) is 0.600. The zero-order chi connectivity index (χ0) is 10.7. The maximum atomic E-state index is 5.91. The Labute approximate surface area is 94.5 Å². The Morgan fingerprint density at radius 2 is 2.47 bits per heavy atom. The Morgan fingerprint density at radius 1 is 1.60 bits per heavy atom. The van der Waals surface area contributed by atoms with Crippen molar-refractivity contribution in [2.24, 2.45) is 5.73 Å². The first-order valence-corrected chi connectivity index (χ1v) is 5.57. The summed E-state index contributed by atoms with van der Waals surface area (Å²) in [6.45, 7) is 2.85. The number of likely N-dealkylation sites (tertiary alicyclic amines) is 1. The van der Waals surface area contributed by atoms with Gasteiger partial charge in [0.05, 0.1) is 5.69 Å². The zero-order valence-corrected chi connectivity index (χ0v) is 9.32. The van der Waals surface area contributed by atoms with E-state index in [0.717, 1.165) is 31.7 Å². The maximum Gasteiger partial charge on any atom is 0.222 e. The van der Waals surface area contributed by atoms with Crippen LogP contribution in [0.25, 0.3) is 0 Å². The third kappa shape index (κ3) is 3.12. The highest BCUT2D eigenvalue weighted by atomic mass is 35.5. The quantitative estimate of drug-likeness (QED) is 0.766. The molecule has 0 radical (unpaired) electrons. The lowest BCUT2D eigenvalue weighted by molar-refractivity contribution is 0.199. The predicted octanol–water partition coefficient (Wildman–Crippen LogP) is 1.05. The summed E-state index contributed by atoms with van der Waals surface area (Å²) < 4.78 is 0. The van der Waals surface area contributed by atoms with Gasteiger partial charge in [-0.2, -0.15) is 0 Å². The molecule has 0 aliphatic carbocycles. The van der Waals surface area contributed by atoms with E-state index >= 15 is 0 Å². The van der Waals surface area contributed by atoms with Crippen molar-refractivity contribution in [2.45, 2.75) is 25.4 Å². The van der Waals surface area contributed by atoms with E-state index in [1.54, 1.807) is 6.20 Å². The summed E-state index contributed by atoms with van der Waals surface area (Å²) in [5.74, 6) is 0. The molecule has 82 valence electrons. The predicted molar refractivity (Wildman–Crippen MR) is 59.5 cm³/mol. The molecule has 5 heteroatoms. The minimum absolute atomic E-state index is 0.302. The number of rotatable bonds is 2. The number of piperidine rings is 1. The number of hydrogen-bond donors (Lipinski definition) is 1. The van der Waals surface area contributed by atoms with Crippen molar-refractivity contribution >= 4 is 11.6 Å². The van der Waals surface area contributed by atoms with E-state index in [4.69, 9.17) is 17.3 Å². The van der Waals surface area contributed by atoms with E-state index in [9.17, 15) is 0 Å². The standard InChI is InChI=1S/C10H15ClN4/c11-10-13-4-3-9(14-10)7-15-5-1-2-8(12)6-15/h3-4,8H,1-2,5-7,12H2/t8-/m1/s1. The normalized spacial score (nSPS) is 22.9. The lowest BCUT2D eigenvalue weighted by Crippen LogP contribution is -2.42. The molecule has 2 heterocycles. The van der Waals surface area contributed by atoms with Gasteiger partial charge in [0, 0.05) is 25.3 Å². The lowest BCUT2D eigenvalue weighted by Gasteiger charge is -2.30. The summed E-state index contributed by atoms with van der Waals surface area (Å²) >= 11 is 5.73. The first-order chi connectivity index (χ1) is 7.24. The monoisotopic (exact) mass is 226 g/mol. The third-order valence-corrected chi connectivity index (χ3v) is 2.79. The van der Waals surface area contributed by atoms with E-state index in [1.165, 1.54) is 6.42 Å². The molecular weight excluding hydrogens is 212 g/mol. The fourth-order valence-electron chi connectivity index (χ4n) is 1.92. The molecule has 2 N–H and O–H groups in total. The van der Waals surface area contributed by atoms with Crippen molar-refractivity contribution in [3.63, 3.8) is 0 Å². The van der Waals surface area contributed by atoms with Gasteiger partial charge < -0.3 is 5.73 Å². The SMILES string of the molecule is N[C@@H]1CCCN(Cc2ccnc(Cl)n2)C1. The van der Waals surface area contributed by atoms with E-state index < -0.39 is 0 Å². The first kappa shape index (κ1) is 10.8. The second-order valence-corrected chi connectivity index (χ2v) is 4.29. The smallest absolute Gasteiger partial charge is 0.222 e. The van der Waals surface area contributed by atoms with E-state index in [-0.39, 0.29) is 0 Å². The van der Waals surface area contributed by atoms with Crippen LogP contribution in [-0.4, -0.2) is 34.0 Å². The van der Waals surface area contributed by atoms with Crippen LogP contribution in [0.2, 0.25) is 5.28 Å². The molecule has 2 rings (SSSR count). The average molecular weight is 227 g/mol. The summed E-state index contributed by atoms with van der Waals surface area (Å²) in [5, 5.41) is 0.314. The second kappa shape index (κ2) is 4.88. The molecule has 0 unspecified atom stereocenters. The number of aromatic nitrogens is 2. The molecule has 0 amide bonds. The lowest BCUT2D eigenvalue weighted by atomic mass is 10.1. The highest BCUT2D eigenvalue weighted by molar-refractivity contribution is 6.28. The van der Waals surface area contributed by atoms with Gasteiger partial charge in [-0.3, -0.25) is 4.90 Å². The molecule has 1 saturated heterocycles. The van der Waals surface area contributed by atoms with Crippen molar-refractivity contribution in [3.05, 3.63) is 23.2 Å². The summed E-state index contributed by atoms with van der Waals surface area (Å²) in [6, 6.07) is 2.20. The molecule has 1 aromatic rings. The Balaban J connectivity index is 1.96. The Bertz CT molecular complexity index is 331. The summed E-state index contributed by atoms with van der Waals surface area (Å²) in [7, 11) is 0. The molecule has 0 saturated carbocycles. The number of nitrogens with zero attached hydrogens (tertiary/aromatic N) is 3. The van der Waals surface area contributed by atoms with Gasteiger partial charge in [-0.15, -0.1) is 0 Å². The maximum absolute atomic E-state index is 5.91. The van der Waals surface area contributed by atoms with E-state index in [1.807, 2.05) is 6.07 Å². The molecular formula is C10H15ClN4. The molecule has 1 aliphatic rings. The van der Waals surface area contributed by atoms with Gasteiger partial charge >= 0.3 is 0 Å². The fourth-order valence-corrected chi connectivity index (χ4v) is 2.09. The van der Waals surface area contributed by atoms with Gasteiger partial charge in [0.1, 0.15) is 0 Å². The zero-order valence-electron chi connectivity index (χ0n) is 8.56. The number of halogens is 1. The van der Waals surface area contributed by atoms with Crippen molar-refractivity contribution in [1.82, 2.24) is 14.9 Å². The van der Waals surface area contributed by atoms with Crippen LogP contribution in [0.1, 0.15) is 18.5 Å². The molecule has 4 nitrogen and oxygen atoms in total. The van der Waals surface area contributed by atoms with Crippen LogP contribution in [0, 0.1) is 0 Å². The van der Waals surface area contributed by atoms with Crippen LogP contribution in [0.4, 0.5) is 0 Å². The molecule has 1 aromatic heterocycles. The van der Waals surface area contributed by atoms with Crippen molar-refractivity contribution in [2.75, 3.05) is 13.1 Å². The van der Waals surface area contributed by atoms with Gasteiger partial charge in [-0.25, -0.2) is 9.97 Å². The van der Waals surface area contributed by atoms with Crippen LogP contribution in [-0.2, 0) is 6.54 Å². The van der Waals surface area contributed by atoms with Crippen LogP contribution < -0.4 is 5.73 Å². The van der Waals surface area contributed by atoms with Crippen molar-refractivity contribution in [3.8, 4) is 0 Å². The summed E-state index contributed by atoms with van der Waals surface area (Å²) in [4.78, 5) is 10.3. The largest absolute Gasteiger partial charge is 0.327 e. The summed E-state index contributed by atoms with van der Waals surface area (Å²) in [5.41, 5.74) is 6.87. The molecule has 1 aliphatic heterocycles. The van der Waals surface area contributed by atoms with Crippen LogP contribution in [0.15, 0.2) is 12.3 Å². The Hall–Kier alpha value is -0.710. The van der Waals surface area contributed by atoms with Crippen LogP contribution >= 0.6 is 11.6 Å². The highest BCUT2D eigenvalue weighted by Gasteiger charge is 2.16. The van der Waals surface area contributed by atoms with Crippen molar-refractivity contribution < 1.29 is 0 Å². The van der Waals surface area contributed by atoms with Crippen molar-refractivity contribution in [1.29, 1.82) is 0 Å². The Morgan fingerprint density at radius 3 is 3.20 bits per heavy atom. The summed E-state index contributed by atoms with van der Waals surface area (Å²) in [6.07, 6.45) is 3.98. The number of nitrogens with two attached hydrogens (primary N) is 1. The highest BCUT2D eigenvalue weighted by Crippen LogP contribution is 2.11. The molecule has 0 aromatic carbocycles. The van der Waals surface area contributed by atoms with Gasteiger partial charge in [-0.05, 0) is 37.1 Å². The number of hydrogen-bond acceptors (Lipinski definition) is 4. The van der Waals surface area contributed by atoms with Gasteiger partial charge in [0.2, 0.25) is 5.28 Å². The van der Waals surface area contributed by atoms with Crippen LogP contribution in [0.5, 0.6) is 0 Å². The Kier molecular flexibility index (Phi) is 3.51. The minimum atomic E-state index is 0.302. The van der Waals surface area contributed by atoms with Gasteiger partial charge in [-0.1, -0.05) is 0 Å². The first-order valence-electron chi connectivity index (χ1n) is 5.19. The third-order valence-electron chi connectivity index (χ3n) is 2.61.